The third-order valence-corrected chi connectivity index (χ3v) is 27.5. The van der Waals surface area contributed by atoms with Gasteiger partial charge in [-0.1, -0.05) is 114 Å². The number of amides is 8. The highest BCUT2D eigenvalue weighted by molar-refractivity contribution is 8.00. The standard InChI is InChI=1S/C53H67N9O10S.C34H50N4O9S/c1-6-37-50(68)61-23-11-14-38(61)51(69)59(5)40(26-32-16-18-36(19-17-32)58(3)4)52(70)62-28-35(30-73-43-29-60-24-20-33(43)21-25-60)42(64)27-39(62)47(65)57-45(34-12-8-7-9-13-34)53(71)72-31(2)44(48(66)55-37)56-49(67)46-41(63)15-10-22-54-46;1-7-37(8-2)16-17-48(44,45)28-13-15-38-31(28)34(43)47-32(22(3)4)24(6)11-12-29(41)35-14-9-10-23(5)18-25(39)19-26(40)20-30-36-27(21-46-30)33(38)42/h7-10,12-13,15-19,22,31,33,35,37-40,43-45,63H,6,11,14,20-21,23-30H2,1-5H3,(H,55,66)(H,56,67)(H,57,65);9-12,18,21-22,24-25,28,31-32,39H,7-8,13-17,19-20H2,1-6H3,(H,35,41)/b;10-9+,12-11+,23-18+/t31?,35?,37-,38+,39+,40+,43?,44+,45+;24-,25-,28-,31-,32-/m11/s1. The molecule has 8 amide bonds. The van der Waals surface area contributed by atoms with E-state index in [-0.39, 0.29) is 124 Å². The summed E-state index contributed by atoms with van der Waals surface area (Å²) in [4.78, 5) is 190. The minimum atomic E-state index is -3.87. The van der Waals surface area contributed by atoms with Crippen LogP contribution in [0.25, 0.3) is 0 Å². The molecule has 2 aromatic carbocycles. The molecule has 34 heteroatoms. The number of esters is 2. The van der Waals surface area contributed by atoms with Crippen LogP contribution in [0.1, 0.15) is 151 Å². The number of hydrogen-bond donors (Lipinski definition) is 6. The van der Waals surface area contributed by atoms with E-state index in [0.29, 0.717) is 42.0 Å². The van der Waals surface area contributed by atoms with Crippen molar-refractivity contribution in [3.8, 4) is 5.75 Å². The van der Waals surface area contributed by atoms with Crippen LogP contribution in [-0.2, 0) is 80.1 Å². The summed E-state index contributed by atoms with van der Waals surface area (Å²) in [5, 5.41) is 30.8. The lowest BCUT2D eigenvalue weighted by molar-refractivity contribution is -0.158. The number of aromatic hydroxyl groups is 1. The molecule has 8 aliphatic rings. The van der Waals surface area contributed by atoms with Gasteiger partial charge in [0.05, 0.1) is 23.5 Å². The second kappa shape index (κ2) is 42.6. The molecule has 8 aliphatic heterocycles. The molecule has 121 heavy (non-hydrogen) atoms. The summed E-state index contributed by atoms with van der Waals surface area (Å²) in [5.74, 6) is -9.05. The molecule has 10 heterocycles. The minimum absolute atomic E-state index is 0.0243. The highest BCUT2D eigenvalue weighted by atomic mass is 32.2. The monoisotopic (exact) mass is 1710 g/mol. The second-order valence-corrected chi connectivity index (χ2v) is 36.4. The maximum atomic E-state index is 15.7. The predicted molar refractivity (Wildman–Crippen MR) is 452 cm³/mol. The number of pyridine rings is 1. The quantitative estimate of drug-likeness (QED) is 0.0787. The summed E-state index contributed by atoms with van der Waals surface area (Å²) in [6, 6.07) is 8.81. The fourth-order valence-electron chi connectivity index (χ4n) is 16.8. The van der Waals surface area contributed by atoms with E-state index in [1.807, 2.05) is 75.9 Å². The van der Waals surface area contributed by atoms with Crippen molar-refractivity contribution < 1.29 is 90.1 Å². The molecule has 6 N–H and O–H groups in total. The number of benzene rings is 2. The van der Waals surface area contributed by atoms with Gasteiger partial charge >= 0.3 is 11.9 Å². The number of hydrogen-bond acceptors (Lipinski definition) is 25. The number of nitrogens with zero attached hydrogens (tertiary/aromatic N) is 9. The van der Waals surface area contributed by atoms with Crippen molar-refractivity contribution in [2.45, 2.75) is 191 Å². The van der Waals surface area contributed by atoms with Crippen LogP contribution in [0.3, 0.4) is 0 Å². The highest BCUT2D eigenvalue weighted by Crippen LogP contribution is 2.38. The van der Waals surface area contributed by atoms with Gasteiger partial charge in [0, 0.05) is 114 Å². The van der Waals surface area contributed by atoms with Crippen LogP contribution in [0, 0.1) is 23.7 Å². The Labute approximate surface area is 711 Å². The summed E-state index contributed by atoms with van der Waals surface area (Å²) in [7, 11) is 1.46. The van der Waals surface area contributed by atoms with E-state index in [1.54, 1.807) is 81.1 Å². The fraction of sp³-hybridized carbons (Fsp3) is 0.563. The summed E-state index contributed by atoms with van der Waals surface area (Å²) in [6.45, 7) is 19.0. The number of ether oxygens (including phenoxy) is 2. The van der Waals surface area contributed by atoms with Gasteiger partial charge < -0.3 is 79.7 Å². The Bertz CT molecular complexity index is 4590. The van der Waals surface area contributed by atoms with Crippen LogP contribution in [0.5, 0.6) is 5.75 Å². The molecule has 4 aromatic rings. The van der Waals surface area contributed by atoms with Gasteiger partial charge in [-0.2, -0.15) is 11.8 Å². The first-order valence-electron chi connectivity index (χ1n) is 41.9. The molecular formula is C87H117N13O19S2. The van der Waals surface area contributed by atoms with E-state index in [1.165, 1.54) is 59.2 Å². The van der Waals surface area contributed by atoms with E-state index in [2.05, 4.69) is 36.1 Å². The molecule has 4 bridgehead atoms. The molecule has 0 saturated carbocycles. The molecule has 656 valence electrons. The molecular weight excluding hydrogens is 1600 g/mol. The number of Topliss-reactive ketones (excluding diaryl/α,β-unsaturated/α-hetero) is 2. The number of anilines is 1. The molecule has 3 unspecified atom stereocenters. The Kier molecular flexibility index (Phi) is 32.8. The van der Waals surface area contributed by atoms with Crippen molar-refractivity contribution in [3.63, 3.8) is 0 Å². The number of allylic oxidation sites excluding steroid dienone is 2. The normalized spacial score (nSPS) is 28.9. The molecule has 32 nitrogen and oxygen atoms in total. The van der Waals surface area contributed by atoms with Crippen LogP contribution < -0.4 is 26.2 Å². The Morgan fingerprint density at radius 2 is 1.50 bits per heavy atom. The fourth-order valence-corrected chi connectivity index (χ4v) is 20.3. The van der Waals surface area contributed by atoms with Crippen molar-refractivity contribution in [2.24, 2.45) is 23.7 Å². The van der Waals surface area contributed by atoms with E-state index >= 15 is 14.4 Å². The van der Waals surface area contributed by atoms with Gasteiger partial charge in [0.2, 0.25) is 41.3 Å². The average molecular weight is 1710 g/mol. The number of carbonyl (C=O) groups excluding carboxylic acids is 12. The van der Waals surface area contributed by atoms with E-state index in [0.717, 1.165) is 54.9 Å². The van der Waals surface area contributed by atoms with Crippen LogP contribution in [0.15, 0.2) is 120 Å². The number of aliphatic hydroxyl groups is 1. The molecule has 0 aliphatic carbocycles. The van der Waals surface area contributed by atoms with E-state index < -0.39 is 152 Å². The van der Waals surface area contributed by atoms with E-state index in [4.69, 9.17) is 13.9 Å². The number of nitrogens with one attached hydrogen (secondary N) is 4. The number of thioether (sulfide) groups is 1. The number of carbonyl (C=O) groups is 12. The first kappa shape index (κ1) is 93.1. The zero-order valence-electron chi connectivity index (χ0n) is 70.9. The number of rotatable bonds is 17. The van der Waals surface area contributed by atoms with Gasteiger partial charge in [-0.05, 0) is 132 Å². The topological polar surface area (TPSA) is 408 Å². The summed E-state index contributed by atoms with van der Waals surface area (Å²) in [6.07, 6.45) is 9.09. The Balaban J connectivity index is 0.000000278. The van der Waals surface area contributed by atoms with Crippen molar-refractivity contribution in [2.75, 3.05) is 103 Å². The van der Waals surface area contributed by atoms with Crippen LogP contribution in [0.2, 0.25) is 0 Å². The van der Waals surface area contributed by atoms with Gasteiger partial charge in [0.1, 0.15) is 72.0 Å². The van der Waals surface area contributed by atoms with Gasteiger partial charge in [0.25, 0.3) is 11.8 Å². The van der Waals surface area contributed by atoms with Crippen molar-refractivity contribution in [1.82, 2.24) is 60.6 Å². The Morgan fingerprint density at radius 3 is 2.17 bits per heavy atom. The van der Waals surface area contributed by atoms with Crippen LogP contribution >= 0.6 is 11.8 Å². The number of sulfone groups is 1. The molecule has 7 saturated heterocycles. The molecule has 0 spiro atoms. The minimum Gasteiger partial charge on any atom is -0.505 e. The number of fused-ring (bicyclic) bond motifs is 8. The third kappa shape index (κ3) is 23.8. The lowest BCUT2D eigenvalue weighted by Gasteiger charge is -2.45. The van der Waals surface area contributed by atoms with Gasteiger partial charge in [-0.3, -0.25) is 47.9 Å². The smallest absolute Gasteiger partial charge is 0.333 e. The number of likely N-dealkylation sites (N-methyl/N-ethyl adjacent to an activating group) is 1. The Morgan fingerprint density at radius 1 is 0.785 bits per heavy atom. The third-order valence-electron chi connectivity index (χ3n) is 23.8. The number of aliphatic hydroxyl groups excluding tert-OH is 1. The van der Waals surface area contributed by atoms with Gasteiger partial charge in [-0.25, -0.2) is 28.0 Å². The van der Waals surface area contributed by atoms with Crippen molar-refractivity contribution in [1.29, 1.82) is 0 Å². The lowest BCUT2D eigenvalue weighted by Crippen LogP contribution is -2.63. The van der Waals surface area contributed by atoms with Crippen molar-refractivity contribution in [3.05, 3.63) is 144 Å². The molecule has 2 aromatic heterocycles. The number of ketones is 2. The molecule has 12 rings (SSSR count). The summed E-state index contributed by atoms with van der Waals surface area (Å²) in [5.41, 5.74) is 1.99. The maximum Gasteiger partial charge on any atom is 0.333 e. The molecule has 14 atom stereocenters. The lowest BCUT2D eigenvalue weighted by atomic mass is 9.88. The van der Waals surface area contributed by atoms with Crippen LogP contribution in [0.4, 0.5) is 5.69 Å². The van der Waals surface area contributed by atoms with Gasteiger partial charge in [0.15, 0.2) is 27.3 Å². The average Bonchev–Trinajstić information content (AvgIpc) is 1.69. The zero-order chi connectivity index (χ0) is 87.7. The number of oxazole rings is 1. The van der Waals surface area contributed by atoms with Gasteiger partial charge in [-0.15, -0.1) is 0 Å². The molecule has 7 fully saturated rings. The molecule has 0 radical (unpaired) electrons. The Hall–Kier alpha value is -10.2. The largest absolute Gasteiger partial charge is 0.505 e. The second-order valence-electron chi connectivity index (χ2n) is 32.8. The summed E-state index contributed by atoms with van der Waals surface area (Å²) >= 11 is 1.73. The summed E-state index contributed by atoms with van der Waals surface area (Å²) < 4.78 is 44.9. The van der Waals surface area contributed by atoms with Crippen molar-refractivity contribution >= 4 is 98.0 Å². The zero-order valence-corrected chi connectivity index (χ0v) is 72.5. The number of cyclic esters (lactones) is 2. The first-order chi connectivity index (χ1) is 57.7. The maximum absolute atomic E-state index is 15.7. The number of aromatic nitrogens is 2. The SMILES string of the molecule is CCN(CC)CCS(=O)(=O)[C@@H]1CCN2C(=O)c3coc(n3)CC(=O)C[C@H](O)/C=C(C)/C=C/CNC(=O)/C=C/[C@@H](C)[C@@H](C(C)C)OC(=O)[C@@H]12.CC[C@H]1NC(=O)[C@@H](NC(=O)c2ncccc2O)C(C)OC(=O)[C@H](c2ccccc2)NC(=O)[C@@H]2CC(=O)C(CSC3CN4CCC3CC4)CN2C(=O)[C@H](Cc2ccc(N(C)C)cc2)N(C)C(=O)[C@@H]2CCCN2C1=O. The predicted octanol–water partition coefficient (Wildman–Crippen LogP) is 4.59. The van der Waals surface area contributed by atoms with Crippen LogP contribution in [-0.4, -0.2) is 292 Å². The highest BCUT2D eigenvalue weighted by Gasteiger charge is 2.52. The number of piperidine rings is 4. The first-order valence-corrected chi connectivity index (χ1v) is 44.7. The van der Waals surface area contributed by atoms with E-state index in [9.17, 15) is 61.8 Å².